The molecule has 0 aliphatic carbocycles. The fourth-order valence-electron chi connectivity index (χ4n) is 0.612. The first-order chi connectivity index (χ1) is 5.04. The molecule has 0 unspecified atom stereocenters. The predicted molar refractivity (Wildman–Crippen MR) is 36.7 cm³/mol. The number of H-pyrrole nitrogens is 1. The van der Waals surface area contributed by atoms with Crippen LogP contribution in [0.25, 0.3) is 0 Å². The van der Waals surface area contributed by atoms with Gasteiger partial charge in [-0.05, 0) is 0 Å². The van der Waals surface area contributed by atoms with Crippen LogP contribution >= 0.6 is 0 Å². The molecule has 1 aromatic heterocycles. The van der Waals surface area contributed by atoms with E-state index in [1.165, 1.54) is 7.05 Å². The topological polar surface area (TPSA) is 80.9 Å². The van der Waals surface area contributed by atoms with Crippen LogP contribution in [0, 0.1) is 5.95 Å². The largest absolute Gasteiger partial charge is 0.391 e. The van der Waals surface area contributed by atoms with Crippen LogP contribution in [0.5, 0.6) is 0 Å². The Morgan fingerprint density at radius 1 is 1.55 bits per heavy atom. The molecule has 3 N–H and O–H groups in total. The van der Waals surface area contributed by atoms with Crippen LogP contribution in [0.3, 0.4) is 0 Å². The van der Waals surface area contributed by atoms with Gasteiger partial charge in [0.05, 0.1) is 0 Å². The van der Waals surface area contributed by atoms with Gasteiger partial charge in [-0.1, -0.05) is 0 Å². The molecule has 0 saturated heterocycles. The summed E-state index contributed by atoms with van der Waals surface area (Å²) in [7, 11) is 1.17. The van der Waals surface area contributed by atoms with Gasteiger partial charge in [0, 0.05) is 7.05 Å². The molecule has 60 valence electrons. The summed E-state index contributed by atoms with van der Waals surface area (Å²) >= 11 is 0. The minimum Gasteiger partial charge on any atom is -0.391 e. The van der Waals surface area contributed by atoms with Crippen molar-refractivity contribution >= 4 is 5.69 Å². The minimum atomic E-state index is -1.02. The standard InChI is InChI=1S/C5H6FN3O2/c1-9-3(6)2(7)4(10)8-5(9)11/h7H2,1H3,(H,8,10,11). The fraction of sp³-hybridized carbons (Fsp3) is 0.200. The van der Waals surface area contributed by atoms with Crippen LogP contribution in [0.15, 0.2) is 9.59 Å². The molecule has 0 amide bonds. The molecular formula is C5H6FN3O2. The molecule has 1 aromatic rings. The lowest BCUT2D eigenvalue weighted by atomic mass is 10.5. The van der Waals surface area contributed by atoms with E-state index in [4.69, 9.17) is 5.73 Å². The Kier molecular flexibility index (Phi) is 1.52. The highest BCUT2D eigenvalue weighted by Gasteiger charge is 2.07. The molecule has 0 fully saturated rings. The number of nitrogens with one attached hydrogen (secondary N) is 1. The van der Waals surface area contributed by atoms with Gasteiger partial charge in [0.15, 0.2) is 5.69 Å². The molecule has 5 nitrogen and oxygen atoms in total. The highest BCUT2D eigenvalue weighted by Crippen LogP contribution is 1.95. The summed E-state index contributed by atoms with van der Waals surface area (Å²) in [6.07, 6.45) is 0. The lowest BCUT2D eigenvalue weighted by Crippen LogP contribution is -2.32. The van der Waals surface area contributed by atoms with Crippen molar-refractivity contribution in [2.45, 2.75) is 0 Å². The zero-order valence-corrected chi connectivity index (χ0v) is 5.72. The number of halogens is 1. The van der Waals surface area contributed by atoms with Gasteiger partial charge >= 0.3 is 5.69 Å². The Labute approximate surface area is 60.3 Å². The first-order valence-corrected chi connectivity index (χ1v) is 2.78. The summed E-state index contributed by atoms with van der Waals surface area (Å²) in [6.45, 7) is 0. The average Bonchev–Trinajstić information content (AvgIpc) is 1.97. The highest BCUT2D eigenvalue weighted by atomic mass is 19.1. The van der Waals surface area contributed by atoms with Crippen molar-refractivity contribution in [1.82, 2.24) is 9.55 Å². The SMILES string of the molecule is Cn1c(F)c(N)c(=O)[nH]c1=O. The van der Waals surface area contributed by atoms with E-state index < -0.39 is 22.9 Å². The molecule has 6 heteroatoms. The first-order valence-electron chi connectivity index (χ1n) is 2.78. The second-order valence-corrected chi connectivity index (χ2v) is 2.02. The second-order valence-electron chi connectivity index (χ2n) is 2.02. The lowest BCUT2D eigenvalue weighted by molar-refractivity contribution is 0.509. The van der Waals surface area contributed by atoms with Gasteiger partial charge in [-0.15, -0.1) is 0 Å². The molecule has 0 radical (unpaired) electrons. The predicted octanol–water partition coefficient (Wildman–Crippen LogP) is -1.21. The second kappa shape index (κ2) is 2.22. The van der Waals surface area contributed by atoms with Crippen LogP contribution < -0.4 is 17.0 Å². The average molecular weight is 159 g/mol. The van der Waals surface area contributed by atoms with Gasteiger partial charge in [-0.2, -0.15) is 4.39 Å². The molecule has 0 aliphatic heterocycles. The number of nitrogens with zero attached hydrogens (tertiary/aromatic N) is 1. The normalized spacial score (nSPS) is 10.0. The number of nitrogens with two attached hydrogens (primary N) is 1. The Balaban J connectivity index is 3.73. The summed E-state index contributed by atoms with van der Waals surface area (Å²) in [6, 6.07) is 0. The monoisotopic (exact) mass is 159 g/mol. The Morgan fingerprint density at radius 2 is 2.09 bits per heavy atom. The lowest BCUT2D eigenvalue weighted by Gasteiger charge is -1.99. The molecule has 0 aromatic carbocycles. The summed E-state index contributed by atoms with van der Waals surface area (Å²) in [4.78, 5) is 23.0. The van der Waals surface area contributed by atoms with E-state index in [1.807, 2.05) is 4.98 Å². The third-order valence-corrected chi connectivity index (χ3v) is 1.29. The van der Waals surface area contributed by atoms with Crippen molar-refractivity contribution in [2.24, 2.45) is 7.05 Å². The van der Waals surface area contributed by atoms with Gasteiger partial charge < -0.3 is 5.73 Å². The molecule has 0 bridgehead atoms. The van der Waals surface area contributed by atoms with Gasteiger partial charge in [0.2, 0.25) is 5.95 Å². The Morgan fingerprint density at radius 3 is 2.64 bits per heavy atom. The molecule has 0 spiro atoms. The maximum Gasteiger partial charge on any atom is 0.330 e. The van der Waals surface area contributed by atoms with E-state index >= 15 is 0 Å². The quantitative estimate of drug-likeness (QED) is 0.466. The summed E-state index contributed by atoms with van der Waals surface area (Å²) in [5.41, 5.74) is 2.68. The van der Waals surface area contributed by atoms with Crippen molar-refractivity contribution in [3.63, 3.8) is 0 Å². The van der Waals surface area contributed by atoms with Gasteiger partial charge in [0.25, 0.3) is 5.56 Å². The third kappa shape index (κ3) is 1.02. The zero-order valence-electron chi connectivity index (χ0n) is 5.72. The molecule has 0 aliphatic rings. The van der Waals surface area contributed by atoms with Crippen LogP contribution in [-0.2, 0) is 7.05 Å². The summed E-state index contributed by atoms with van der Waals surface area (Å²) in [5.74, 6) is -1.02. The number of anilines is 1. The van der Waals surface area contributed by atoms with Crippen LogP contribution in [0.1, 0.15) is 0 Å². The smallest absolute Gasteiger partial charge is 0.330 e. The molecule has 0 saturated carbocycles. The first kappa shape index (κ1) is 7.52. The van der Waals surface area contributed by atoms with Crippen molar-refractivity contribution in [3.05, 3.63) is 26.8 Å². The van der Waals surface area contributed by atoms with E-state index in [2.05, 4.69) is 0 Å². The van der Waals surface area contributed by atoms with Crippen LogP contribution in [0.2, 0.25) is 0 Å². The van der Waals surface area contributed by atoms with E-state index in [-0.39, 0.29) is 0 Å². The van der Waals surface area contributed by atoms with Crippen molar-refractivity contribution in [3.8, 4) is 0 Å². The van der Waals surface area contributed by atoms with Crippen molar-refractivity contribution in [1.29, 1.82) is 0 Å². The molecule has 11 heavy (non-hydrogen) atoms. The van der Waals surface area contributed by atoms with E-state index in [1.54, 1.807) is 0 Å². The maximum absolute atomic E-state index is 12.7. The number of hydrogen-bond donors (Lipinski definition) is 2. The van der Waals surface area contributed by atoms with Crippen LogP contribution in [-0.4, -0.2) is 9.55 Å². The van der Waals surface area contributed by atoms with Gasteiger partial charge in [-0.25, -0.2) is 4.79 Å². The van der Waals surface area contributed by atoms with E-state index in [9.17, 15) is 14.0 Å². The molecular weight excluding hydrogens is 153 g/mol. The number of aromatic nitrogens is 2. The van der Waals surface area contributed by atoms with Gasteiger partial charge in [-0.3, -0.25) is 14.3 Å². The Bertz CT molecular complexity index is 357. The van der Waals surface area contributed by atoms with Gasteiger partial charge in [0.1, 0.15) is 0 Å². The van der Waals surface area contributed by atoms with Crippen LogP contribution in [0.4, 0.5) is 10.1 Å². The molecule has 1 rings (SSSR count). The number of nitrogen functional groups attached to an aromatic ring is 1. The minimum absolute atomic E-state index is 0.577. The molecule has 0 atom stereocenters. The van der Waals surface area contributed by atoms with Crippen molar-refractivity contribution in [2.75, 3.05) is 5.73 Å². The van der Waals surface area contributed by atoms with E-state index in [0.717, 1.165) is 0 Å². The van der Waals surface area contributed by atoms with Crippen molar-refractivity contribution < 1.29 is 4.39 Å². The third-order valence-electron chi connectivity index (χ3n) is 1.29. The fourth-order valence-corrected chi connectivity index (χ4v) is 0.612. The number of aromatic amines is 1. The maximum atomic E-state index is 12.7. The zero-order chi connectivity index (χ0) is 8.59. The molecule has 1 heterocycles. The number of rotatable bonds is 0. The summed E-state index contributed by atoms with van der Waals surface area (Å²) < 4.78 is 13.3. The summed E-state index contributed by atoms with van der Waals surface area (Å²) in [5, 5.41) is 0. The highest BCUT2D eigenvalue weighted by molar-refractivity contribution is 5.32. The number of hydrogen-bond acceptors (Lipinski definition) is 3. The Hall–Kier alpha value is -1.59. The van der Waals surface area contributed by atoms with E-state index in [0.29, 0.717) is 4.57 Å².